The number of carbonyl (C=O) groups excluding carboxylic acids is 3. The van der Waals surface area contributed by atoms with Gasteiger partial charge in [-0.05, 0) is 42.7 Å². The van der Waals surface area contributed by atoms with Crippen LogP contribution in [0.3, 0.4) is 0 Å². The van der Waals surface area contributed by atoms with E-state index < -0.39 is 29.4 Å². The number of fused-ring (bicyclic) bond motifs is 1. The molecule has 1 aromatic heterocycles. The number of carbonyl (C=O) groups is 3. The highest BCUT2D eigenvalue weighted by molar-refractivity contribution is 5.89. The van der Waals surface area contributed by atoms with Gasteiger partial charge in [0, 0.05) is 24.5 Å². The highest BCUT2D eigenvalue weighted by Gasteiger charge is 2.33. The molecule has 3 rings (SSSR count). The molecule has 2 aromatic carbocycles. The van der Waals surface area contributed by atoms with E-state index in [1.165, 1.54) is 57.4 Å². The molecule has 0 fully saturated rings. The van der Waals surface area contributed by atoms with Gasteiger partial charge in [0.25, 0.3) is 0 Å². The number of halogens is 4. The smallest absolute Gasteiger partial charge is 0.418 e. The van der Waals surface area contributed by atoms with Crippen molar-refractivity contribution in [2.45, 2.75) is 112 Å². The molecule has 3 amide bonds. The number of nitrogens with zero attached hydrogens (tertiary/aromatic N) is 1. The minimum atomic E-state index is -4.45. The fourth-order valence-corrected chi connectivity index (χ4v) is 4.06. The first kappa shape index (κ1) is 51.2. The van der Waals surface area contributed by atoms with Crippen LogP contribution >= 0.6 is 0 Å². The number of rotatable bonds is 13. The Balaban J connectivity index is 0. The van der Waals surface area contributed by atoms with Crippen LogP contribution in [-0.2, 0) is 44.6 Å². The van der Waals surface area contributed by atoms with Crippen molar-refractivity contribution in [3.05, 3.63) is 83.1 Å². The summed E-state index contributed by atoms with van der Waals surface area (Å²) in [6.45, 7) is 18.0. The molecule has 10 nitrogen and oxygen atoms in total. The van der Waals surface area contributed by atoms with Crippen LogP contribution in [-0.4, -0.2) is 48.7 Å². The molecule has 0 spiro atoms. The Labute approximate surface area is 318 Å². The van der Waals surface area contributed by atoms with E-state index in [-0.39, 0.29) is 55.6 Å². The first-order chi connectivity index (χ1) is 25.5. The lowest BCUT2D eigenvalue weighted by Gasteiger charge is -2.09. The Kier molecular flexibility index (Phi) is 28.0. The van der Waals surface area contributed by atoms with Gasteiger partial charge in [-0.25, -0.2) is 4.39 Å². The summed E-state index contributed by atoms with van der Waals surface area (Å²) in [5.41, 5.74) is 11.2. The van der Waals surface area contributed by atoms with Crippen molar-refractivity contribution in [2.75, 3.05) is 20.1 Å². The predicted molar refractivity (Wildman–Crippen MR) is 211 cm³/mol. The van der Waals surface area contributed by atoms with Crippen molar-refractivity contribution >= 4 is 34.5 Å². The van der Waals surface area contributed by atoms with E-state index in [2.05, 4.69) is 68.7 Å². The lowest BCUT2D eigenvalue weighted by Crippen LogP contribution is -2.34. The van der Waals surface area contributed by atoms with Crippen LogP contribution < -0.4 is 22.1 Å². The summed E-state index contributed by atoms with van der Waals surface area (Å²) in [6, 6.07) is 10.1. The van der Waals surface area contributed by atoms with Crippen molar-refractivity contribution in [2.24, 2.45) is 16.5 Å². The van der Waals surface area contributed by atoms with Gasteiger partial charge in [-0.1, -0.05) is 111 Å². The van der Waals surface area contributed by atoms with Crippen LogP contribution in [0.2, 0.25) is 0 Å². The quantitative estimate of drug-likeness (QED) is 0.0511. The molecule has 0 bridgehead atoms. The van der Waals surface area contributed by atoms with Crippen LogP contribution in [0.25, 0.3) is 10.9 Å². The summed E-state index contributed by atoms with van der Waals surface area (Å²) in [6.07, 6.45) is 2.91. The van der Waals surface area contributed by atoms with E-state index in [1.54, 1.807) is 18.2 Å². The molecule has 0 unspecified atom stereocenters. The SMILES string of the molecule is C=C(N)OC(CNC(=O)CCc1[nH]c2c(C(F)(F)F)cccc2c1CC)=NC.CCC.CCCC.CCCC.NC(=O)CNC(=O)Cc1ccccc1F. The van der Waals surface area contributed by atoms with Crippen LogP contribution in [0.4, 0.5) is 17.6 Å². The van der Waals surface area contributed by atoms with E-state index >= 15 is 0 Å². The molecule has 3 aromatic rings. The summed E-state index contributed by atoms with van der Waals surface area (Å²) in [7, 11) is 1.49. The second-order valence-electron chi connectivity index (χ2n) is 11.8. The zero-order valence-electron chi connectivity index (χ0n) is 33.3. The summed E-state index contributed by atoms with van der Waals surface area (Å²) >= 11 is 0. The Morgan fingerprint density at radius 2 is 1.41 bits per heavy atom. The number of hydrogen-bond donors (Lipinski definition) is 5. The highest BCUT2D eigenvalue weighted by Crippen LogP contribution is 2.36. The maximum Gasteiger partial charge on any atom is 0.418 e. The molecule has 0 saturated heterocycles. The largest absolute Gasteiger partial charge is 0.426 e. The maximum absolute atomic E-state index is 13.3. The van der Waals surface area contributed by atoms with E-state index in [0.29, 0.717) is 23.1 Å². The van der Waals surface area contributed by atoms with Crippen molar-refractivity contribution < 1.29 is 36.7 Å². The number of aryl methyl sites for hydroxylation is 2. The number of nitrogens with two attached hydrogens (primary N) is 2. The highest BCUT2D eigenvalue weighted by atomic mass is 19.4. The maximum atomic E-state index is 13.3. The van der Waals surface area contributed by atoms with Gasteiger partial charge in [0.1, 0.15) is 5.82 Å². The second kappa shape index (κ2) is 29.6. The Hall–Kier alpha value is -4.88. The Morgan fingerprint density at radius 3 is 1.87 bits per heavy atom. The number of aromatic amines is 1. The van der Waals surface area contributed by atoms with E-state index in [9.17, 15) is 31.9 Å². The number of ether oxygens (including phenoxy) is 1. The zero-order valence-corrected chi connectivity index (χ0v) is 33.3. The number of benzene rings is 2. The molecule has 0 saturated carbocycles. The summed E-state index contributed by atoms with van der Waals surface area (Å²) < 4.78 is 57.9. The third-order valence-electron chi connectivity index (χ3n) is 6.99. The van der Waals surface area contributed by atoms with Crippen molar-refractivity contribution in [3.63, 3.8) is 0 Å². The number of unbranched alkanes of at least 4 members (excludes halogenated alkanes) is 2. The van der Waals surface area contributed by atoms with Crippen LogP contribution in [0.1, 0.15) is 109 Å². The fraction of sp³-hybridized carbons (Fsp3) is 0.500. The Bertz CT molecular complexity index is 1560. The second-order valence-corrected chi connectivity index (χ2v) is 11.8. The van der Waals surface area contributed by atoms with E-state index in [4.69, 9.17) is 16.2 Å². The van der Waals surface area contributed by atoms with Gasteiger partial charge in [0.15, 0.2) is 5.88 Å². The van der Waals surface area contributed by atoms with Gasteiger partial charge in [0.2, 0.25) is 23.6 Å². The number of nitrogens with one attached hydrogen (secondary N) is 3. The van der Waals surface area contributed by atoms with Gasteiger partial charge in [-0.15, -0.1) is 0 Å². The molecule has 1 heterocycles. The summed E-state index contributed by atoms with van der Waals surface area (Å²) in [5, 5.41) is 5.44. The predicted octanol–water partition coefficient (Wildman–Crippen LogP) is 8.27. The standard InChI is InChI=1S/C19H23F3N4O2.C10H11FN2O2.2C4H10.C3H8/c1-4-12-13-6-5-7-14(19(20,21)22)18(13)26-15(12)8-9-16(27)25-10-17(24-3)28-11(2)23;11-8-4-2-1-3-7(8)5-10(15)13-6-9(12)14;2*1-3-4-2;1-3-2/h5-7,26H,2,4,8-10,23H2,1,3H3,(H,25,27);1-4H,5-6H2,(H2,12,14)(H,13,15);2*3-4H2,1-2H3;3H2,1-2H3. The van der Waals surface area contributed by atoms with Gasteiger partial charge in [-0.3, -0.25) is 19.4 Å². The first-order valence-corrected chi connectivity index (χ1v) is 18.3. The Morgan fingerprint density at radius 1 is 0.852 bits per heavy atom. The van der Waals surface area contributed by atoms with Gasteiger partial charge >= 0.3 is 6.18 Å². The number of aliphatic imine (C=N–C) groups is 1. The third kappa shape index (κ3) is 22.2. The number of amides is 3. The monoisotopic (exact) mass is 766 g/mol. The van der Waals surface area contributed by atoms with Crippen molar-refractivity contribution in [3.8, 4) is 0 Å². The van der Waals surface area contributed by atoms with Crippen molar-refractivity contribution in [1.82, 2.24) is 15.6 Å². The number of alkyl halides is 3. The normalized spacial score (nSPS) is 10.5. The molecule has 14 heteroatoms. The van der Waals surface area contributed by atoms with E-state index in [1.807, 2.05) is 6.92 Å². The van der Waals surface area contributed by atoms with Crippen LogP contribution in [0.5, 0.6) is 0 Å². The molecule has 0 aliphatic heterocycles. The van der Waals surface area contributed by atoms with Crippen LogP contribution in [0, 0.1) is 5.82 Å². The molecule has 0 aliphatic carbocycles. The number of H-pyrrole nitrogens is 1. The molecule has 7 N–H and O–H groups in total. The van der Waals surface area contributed by atoms with Gasteiger partial charge in [-0.2, -0.15) is 13.2 Å². The molecule has 0 radical (unpaired) electrons. The summed E-state index contributed by atoms with van der Waals surface area (Å²) in [4.78, 5) is 40.3. The number of para-hydroxylation sites is 1. The topological polar surface area (TPSA) is 165 Å². The van der Waals surface area contributed by atoms with Gasteiger partial charge < -0.3 is 31.8 Å². The molecular weight excluding hydrogens is 704 g/mol. The third-order valence-corrected chi connectivity index (χ3v) is 6.99. The molecule has 0 atom stereocenters. The fourth-order valence-electron chi connectivity index (χ4n) is 4.06. The van der Waals surface area contributed by atoms with Crippen LogP contribution in [0.15, 0.2) is 59.9 Å². The lowest BCUT2D eigenvalue weighted by molar-refractivity contribution is -0.136. The molecular formula is C40H62F4N6O4. The minimum absolute atomic E-state index is 0.0388. The number of hydrogen-bond acceptors (Lipinski definition) is 6. The number of primary amides is 1. The van der Waals surface area contributed by atoms with Crippen molar-refractivity contribution in [1.29, 1.82) is 0 Å². The zero-order chi connectivity index (χ0) is 41.7. The summed E-state index contributed by atoms with van der Waals surface area (Å²) in [5.74, 6) is -1.62. The average Bonchev–Trinajstić information content (AvgIpc) is 3.50. The minimum Gasteiger partial charge on any atom is -0.426 e. The van der Waals surface area contributed by atoms with Gasteiger partial charge in [0.05, 0.1) is 30.6 Å². The lowest BCUT2D eigenvalue weighted by atomic mass is 10.0. The molecule has 304 valence electrons. The average molecular weight is 767 g/mol. The molecule has 54 heavy (non-hydrogen) atoms. The molecule has 0 aliphatic rings. The van der Waals surface area contributed by atoms with E-state index in [0.717, 1.165) is 11.6 Å². The number of aromatic nitrogens is 1. The first-order valence-electron chi connectivity index (χ1n) is 18.3.